The zero-order valence-corrected chi connectivity index (χ0v) is 19.8. The maximum absolute atomic E-state index is 7.32. The van der Waals surface area contributed by atoms with E-state index in [1.165, 1.54) is 38.6 Å². The summed E-state index contributed by atoms with van der Waals surface area (Å²) in [4.78, 5) is 2.16. The van der Waals surface area contributed by atoms with E-state index in [1.807, 2.05) is 26.0 Å². The molecule has 32 heavy (non-hydrogen) atoms. The molecule has 0 fully saturated rings. The predicted octanol–water partition coefficient (Wildman–Crippen LogP) is 7.24. The van der Waals surface area contributed by atoms with Gasteiger partial charge in [0.2, 0.25) is 0 Å². The molecule has 0 aromatic heterocycles. The maximum atomic E-state index is 7.32. The van der Waals surface area contributed by atoms with E-state index in [1.54, 1.807) is 0 Å². The van der Waals surface area contributed by atoms with Crippen molar-refractivity contribution >= 4 is 22.4 Å². The van der Waals surface area contributed by atoms with Crippen LogP contribution in [0.1, 0.15) is 55.9 Å². The van der Waals surface area contributed by atoms with Crippen molar-refractivity contribution in [3.05, 3.63) is 107 Å². The molecule has 2 heteroatoms. The fraction of sp³-hybridized carbons (Fsp3) is 0.267. The molecule has 0 spiro atoms. The summed E-state index contributed by atoms with van der Waals surface area (Å²) in [7, 11) is 2.07. The van der Waals surface area contributed by atoms with Gasteiger partial charge < -0.3 is 10.6 Å². The van der Waals surface area contributed by atoms with E-state index in [0.717, 1.165) is 36.1 Å². The van der Waals surface area contributed by atoms with Crippen molar-refractivity contribution in [1.82, 2.24) is 4.90 Å². The first kappa shape index (κ1) is 22.1. The summed E-state index contributed by atoms with van der Waals surface area (Å²) in [6, 6.07) is 9.09. The van der Waals surface area contributed by atoms with E-state index in [2.05, 4.69) is 80.6 Å². The lowest BCUT2D eigenvalue weighted by atomic mass is 9.88. The molecule has 2 N–H and O–H groups in total. The molecular weight excluding hydrogens is 388 g/mol. The van der Waals surface area contributed by atoms with Crippen LogP contribution in [0.4, 0.5) is 0 Å². The molecule has 1 aliphatic heterocycles. The summed E-state index contributed by atoms with van der Waals surface area (Å²) in [6.07, 6.45) is 15.9. The molecule has 1 heterocycles. The van der Waals surface area contributed by atoms with E-state index < -0.39 is 5.66 Å². The molecule has 0 saturated heterocycles. The van der Waals surface area contributed by atoms with Gasteiger partial charge in [-0.15, -0.1) is 0 Å². The van der Waals surface area contributed by atoms with E-state index in [-0.39, 0.29) is 0 Å². The quantitative estimate of drug-likeness (QED) is 0.565. The van der Waals surface area contributed by atoms with Crippen molar-refractivity contribution in [3.8, 4) is 0 Å². The molecule has 0 radical (unpaired) electrons. The molecule has 164 valence electrons. The number of benzene rings is 2. The Labute approximate surface area is 192 Å². The van der Waals surface area contributed by atoms with Gasteiger partial charge in [-0.1, -0.05) is 82.5 Å². The molecule has 3 aliphatic rings. The molecule has 0 saturated carbocycles. The minimum Gasteiger partial charge on any atom is -0.349 e. The number of allylic oxidation sites excluding steroid dienone is 6. The Morgan fingerprint density at radius 3 is 2.56 bits per heavy atom. The van der Waals surface area contributed by atoms with Gasteiger partial charge >= 0.3 is 0 Å². The van der Waals surface area contributed by atoms with Crippen LogP contribution in [-0.4, -0.2) is 11.9 Å². The lowest BCUT2D eigenvalue weighted by Crippen LogP contribution is -2.50. The number of nitrogens with two attached hydrogens (primary N) is 1. The number of fused-ring (bicyclic) bond motifs is 9. The fourth-order valence-corrected chi connectivity index (χ4v) is 5.45. The smallest absolute Gasteiger partial charge is 0.142 e. The van der Waals surface area contributed by atoms with E-state index in [4.69, 9.17) is 5.73 Å². The summed E-state index contributed by atoms with van der Waals surface area (Å²) < 4.78 is 0. The van der Waals surface area contributed by atoms with Gasteiger partial charge in [0.15, 0.2) is 0 Å². The highest BCUT2D eigenvalue weighted by atomic mass is 15.3. The second kappa shape index (κ2) is 8.44. The maximum Gasteiger partial charge on any atom is 0.142 e. The topological polar surface area (TPSA) is 29.3 Å². The molecule has 2 nitrogen and oxygen atoms in total. The zero-order chi connectivity index (χ0) is 23.0. The second-order valence-electron chi connectivity index (χ2n) is 8.32. The minimum atomic E-state index is -0.753. The van der Waals surface area contributed by atoms with Gasteiger partial charge in [-0.3, -0.25) is 0 Å². The number of aryl methyl sites for hydroxylation is 1. The summed E-state index contributed by atoms with van der Waals surface area (Å²) >= 11 is 0. The summed E-state index contributed by atoms with van der Waals surface area (Å²) in [5.74, 6) is 0. The first-order chi connectivity index (χ1) is 15.6. The van der Waals surface area contributed by atoms with Crippen LogP contribution in [0.5, 0.6) is 0 Å². The first-order valence-electron chi connectivity index (χ1n) is 11.8. The summed E-state index contributed by atoms with van der Waals surface area (Å²) in [5.41, 5.74) is 16.3. The standard InChI is InChI=1S/C28H28N2.C2H6/c1-5-18(6-2)27-24-15-13-20(7-3)30(4)28(27,29)25-17-16-22-21-11-9-8-10-19(21)12-14-23(22)26(24)25;1-2/h5,7,9,11-17H,1,3,6,8,10,29H2,2,4H3;1-2H3/b27-18+;. The van der Waals surface area contributed by atoms with Gasteiger partial charge in [-0.05, 0) is 70.0 Å². The third kappa shape index (κ3) is 2.90. The Bertz CT molecular complexity index is 1240. The van der Waals surface area contributed by atoms with Crippen LogP contribution in [-0.2, 0) is 12.1 Å². The normalized spacial score (nSPS) is 22.1. The molecule has 2 aromatic carbocycles. The number of likely N-dealkylation sites (N-methyl/N-ethyl adjacent to an activating group) is 1. The van der Waals surface area contributed by atoms with Gasteiger partial charge in [0.25, 0.3) is 0 Å². The zero-order valence-electron chi connectivity index (χ0n) is 19.8. The van der Waals surface area contributed by atoms with Crippen molar-refractivity contribution in [3.63, 3.8) is 0 Å². The second-order valence-corrected chi connectivity index (χ2v) is 8.32. The lowest BCUT2D eigenvalue weighted by Gasteiger charge is -2.40. The number of hydrogen-bond donors (Lipinski definition) is 1. The van der Waals surface area contributed by atoms with E-state index in [9.17, 15) is 0 Å². The Balaban J connectivity index is 0.00000119. The van der Waals surface area contributed by atoms with Crippen LogP contribution in [0, 0.1) is 0 Å². The largest absolute Gasteiger partial charge is 0.349 e. The molecule has 1 unspecified atom stereocenters. The summed E-state index contributed by atoms with van der Waals surface area (Å²) in [5, 5.41) is 2.58. The molecule has 5 rings (SSSR count). The third-order valence-electron chi connectivity index (χ3n) is 7.02. The number of rotatable bonds is 3. The highest BCUT2D eigenvalue weighted by molar-refractivity contribution is 6.07. The van der Waals surface area contributed by atoms with Crippen LogP contribution in [0.3, 0.4) is 0 Å². The van der Waals surface area contributed by atoms with Gasteiger partial charge in [0.05, 0.1) is 0 Å². The SMILES string of the molecule is C=CC1=CC=C2/C(=C(/C=C)CC)C(N)(c3ccc4c5c(ccc4c32)CCC=C5)N1C.CC. The molecular formula is C30H34N2. The minimum absolute atomic E-state index is 0.753. The average molecular weight is 423 g/mol. The van der Waals surface area contributed by atoms with Crippen molar-refractivity contribution in [1.29, 1.82) is 0 Å². The van der Waals surface area contributed by atoms with Crippen molar-refractivity contribution in [2.75, 3.05) is 7.05 Å². The van der Waals surface area contributed by atoms with E-state index in [0.29, 0.717) is 0 Å². The number of nitrogens with zero attached hydrogens (tertiary/aromatic N) is 1. The van der Waals surface area contributed by atoms with Crippen LogP contribution in [0.25, 0.3) is 22.4 Å². The molecule has 2 aromatic rings. The monoisotopic (exact) mass is 422 g/mol. The Hall–Kier alpha value is -3.10. The first-order valence-corrected chi connectivity index (χ1v) is 11.8. The van der Waals surface area contributed by atoms with Crippen LogP contribution >= 0.6 is 0 Å². The average Bonchev–Trinajstić information content (AvgIpc) is 3.04. The Morgan fingerprint density at radius 1 is 1.12 bits per heavy atom. The Morgan fingerprint density at radius 2 is 1.88 bits per heavy atom. The molecule has 2 bridgehead atoms. The van der Waals surface area contributed by atoms with Crippen LogP contribution in [0.2, 0.25) is 0 Å². The highest BCUT2D eigenvalue weighted by Gasteiger charge is 2.48. The van der Waals surface area contributed by atoms with Gasteiger partial charge in [0, 0.05) is 23.9 Å². The van der Waals surface area contributed by atoms with Gasteiger partial charge in [-0.25, -0.2) is 0 Å². The molecule has 0 amide bonds. The predicted molar refractivity (Wildman–Crippen MR) is 140 cm³/mol. The number of hydrogen-bond acceptors (Lipinski definition) is 2. The van der Waals surface area contributed by atoms with Crippen LogP contribution in [0.15, 0.2) is 84.6 Å². The lowest BCUT2D eigenvalue weighted by molar-refractivity contribution is 0.229. The van der Waals surface area contributed by atoms with E-state index >= 15 is 0 Å². The Kier molecular flexibility index (Phi) is 5.83. The summed E-state index contributed by atoms with van der Waals surface area (Å²) in [6.45, 7) is 14.3. The van der Waals surface area contributed by atoms with Crippen molar-refractivity contribution < 1.29 is 0 Å². The van der Waals surface area contributed by atoms with Gasteiger partial charge in [0.1, 0.15) is 5.66 Å². The third-order valence-corrected chi connectivity index (χ3v) is 7.02. The molecule has 1 atom stereocenters. The van der Waals surface area contributed by atoms with Crippen molar-refractivity contribution in [2.24, 2.45) is 5.73 Å². The molecule has 2 aliphatic carbocycles. The fourth-order valence-electron chi connectivity index (χ4n) is 5.45. The van der Waals surface area contributed by atoms with Crippen LogP contribution < -0.4 is 5.73 Å². The van der Waals surface area contributed by atoms with Crippen molar-refractivity contribution in [2.45, 2.75) is 45.7 Å². The van der Waals surface area contributed by atoms with Gasteiger partial charge in [-0.2, -0.15) is 0 Å². The highest BCUT2D eigenvalue weighted by Crippen LogP contribution is 2.55.